The Kier molecular flexibility index (Phi) is 8.41. The fourth-order valence-corrected chi connectivity index (χ4v) is 2.49. The van der Waals surface area contributed by atoms with Crippen LogP contribution < -0.4 is 15.4 Å². The Morgan fingerprint density at radius 3 is 2.81 bits per heavy atom. The highest BCUT2D eigenvalue weighted by molar-refractivity contribution is 14.0. The van der Waals surface area contributed by atoms with Crippen LogP contribution in [-0.4, -0.2) is 31.1 Å². The van der Waals surface area contributed by atoms with Gasteiger partial charge in [-0.25, -0.2) is 4.98 Å². The second-order valence-corrected chi connectivity index (χ2v) is 5.11. The van der Waals surface area contributed by atoms with E-state index in [0.717, 1.165) is 11.5 Å². The molecule has 0 atom stereocenters. The van der Waals surface area contributed by atoms with Gasteiger partial charge in [0.25, 0.3) is 0 Å². The van der Waals surface area contributed by atoms with Crippen LogP contribution in [-0.2, 0) is 6.54 Å². The van der Waals surface area contributed by atoms with Crippen LogP contribution in [0.3, 0.4) is 0 Å². The Balaban J connectivity index is 0.00000220. The highest BCUT2D eigenvalue weighted by Gasteiger charge is 2.14. The third-order valence-electron chi connectivity index (χ3n) is 3.64. The minimum absolute atomic E-state index is 0. The number of hydrogen-bond donors (Lipinski definition) is 2. The van der Waals surface area contributed by atoms with Crippen molar-refractivity contribution in [3.8, 4) is 5.88 Å². The lowest BCUT2D eigenvalue weighted by Gasteiger charge is -2.24. The minimum atomic E-state index is 0. The predicted molar refractivity (Wildman–Crippen MR) is 96.4 cm³/mol. The summed E-state index contributed by atoms with van der Waals surface area (Å²) in [7, 11) is 3.44. The van der Waals surface area contributed by atoms with Crippen LogP contribution in [0, 0.1) is 0 Å². The molecule has 0 amide bonds. The second-order valence-electron chi connectivity index (χ2n) is 5.11. The molecule has 1 aromatic rings. The molecule has 1 aliphatic carbocycles. The highest BCUT2D eigenvalue weighted by Crippen LogP contribution is 2.17. The van der Waals surface area contributed by atoms with E-state index in [-0.39, 0.29) is 24.0 Å². The van der Waals surface area contributed by atoms with Gasteiger partial charge >= 0.3 is 0 Å². The van der Waals surface area contributed by atoms with Gasteiger partial charge in [0.15, 0.2) is 5.96 Å². The number of nitrogens with one attached hydrogen (secondary N) is 2. The van der Waals surface area contributed by atoms with Crippen molar-refractivity contribution in [3.05, 3.63) is 23.9 Å². The number of halogens is 1. The van der Waals surface area contributed by atoms with Crippen LogP contribution in [0.1, 0.15) is 37.7 Å². The van der Waals surface area contributed by atoms with Gasteiger partial charge in [-0.05, 0) is 24.5 Å². The van der Waals surface area contributed by atoms with Gasteiger partial charge in [0.1, 0.15) is 0 Å². The van der Waals surface area contributed by atoms with Crippen molar-refractivity contribution >= 4 is 29.9 Å². The highest BCUT2D eigenvalue weighted by atomic mass is 127. The molecule has 5 nitrogen and oxygen atoms in total. The van der Waals surface area contributed by atoms with E-state index < -0.39 is 0 Å². The van der Waals surface area contributed by atoms with Crippen molar-refractivity contribution in [1.29, 1.82) is 0 Å². The Morgan fingerprint density at radius 2 is 2.14 bits per heavy atom. The SMILES string of the molecule is CN=C(NCc1ccnc(OC)c1)NC1CCCCC1.I. The topological polar surface area (TPSA) is 58.5 Å². The zero-order chi connectivity index (χ0) is 14.2. The molecule has 1 aromatic heterocycles. The molecule has 0 aliphatic heterocycles. The van der Waals surface area contributed by atoms with E-state index in [4.69, 9.17) is 4.74 Å². The third kappa shape index (κ3) is 6.07. The molecule has 2 rings (SSSR count). The predicted octanol–water partition coefficient (Wildman–Crippen LogP) is 2.71. The summed E-state index contributed by atoms with van der Waals surface area (Å²) in [6.07, 6.45) is 8.23. The molecule has 1 heterocycles. The fourth-order valence-electron chi connectivity index (χ4n) is 2.49. The van der Waals surface area contributed by atoms with Gasteiger partial charge in [0.2, 0.25) is 5.88 Å². The second kappa shape index (κ2) is 9.81. The van der Waals surface area contributed by atoms with Gasteiger partial charge in [0, 0.05) is 31.9 Å². The number of pyridine rings is 1. The van der Waals surface area contributed by atoms with E-state index in [9.17, 15) is 0 Å². The number of rotatable bonds is 4. The molecule has 0 spiro atoms. The lowest BCUT2D eigenvalue weighted by Crippen LogP contribution is -2.43. The molecule has 118 valence electrons. The average Bonchev–Trinajstić information content (AvgIpc) is 2.52. The van der Waals surface area contributed by atoms with Crippen molar-refractivity contribution in [2.24, 2.45) is 4.99 Å². The summed E-state index contributed by atoms with van der Waals surface area (Å²) in [6, 6.07) is 4.46. The van der Waals surface area contributed by atoms with Gasteiger partial charge in [-0.15, -0.1) is 24.0 Å². The van der Waals surface area contributed by atoms with Gasteiger partial charge < -0.3 is 15.4 Å². The van der Waals surface area contributed by atoms with Crippen molar-refractivity contribution in [1.82, 2.24) is 15.6 Å². The van der Waals surface area contributed by atoms with Crippen molar-refractivity contribution in [3.63, 3.8) is 0 Å². The average molecular weight is 404 g/mol. The summed E-state index contributed by atoms with van der Waals surface area (Å²) in [5, 5.41) is 6.84. The van der Waals surface area contributed by atoms with E-state index in [1.165, 1.54) is 32.1 Å². The summed E-state index contributed by atoms with van der Waals surface area (Å²) in [5.74, 6) is 1.51. The number of aromatic nitrogens is 1. The molecule has 0 bridgehead atoms. The van der Waals surface area contributed by atoms with Crippen LogP contribution in [0.2, 0.25) is 0 Å². The zero-order valence-corrected chi connectivity index (χ0v) is 15.1. The third-order valence-corrected chi connectivity index (χ3v) is 3.64. The first-order chi connectivity index (χ1) is 9.81. The first-order valence-electron chi connectivity index (χ1n) is 7.28. The smallest absolute Gasteiger partial charge is 0.213 e. The minimum Gasteiger partial charge on any atom is -0.481 e. The number of methoxy groups -OCH3 is 1. The lowest BCUT2D eigenvalue weighted by atomic mass is 9.96. The maximum Gasteiger partial charge on any atom is 0.213 e. The Morgan fingerprint density at radius 1 is 1.38 bits per heavy atom. The normalized spacial score (nSPS) is 16.0. The molecule has 0 saturated heterocycles. The molecular weight excluding hydrogens is 379 g/mol. The van der Waals surface area contributed by atoms with Crippen molar-refractivity contribution in [2.45, 2.75) is 44.7 Å². The first-order valence-corrected chi connectivity index (χ1v) is 7.28. The molecule has 0 aromatic carbocycles. The number of nitrogens with zero attached hydrogens (tertiary/aromatic N) is 2. The summed E-state index contributed by atoms with van der Waals surface area (Å²) < 4.78 is 5.12. The Hall–Kier alpha value is -1.05. The standard InChI is InChI=1S/C15H24N4O.HI/c1-16-15(19-13-6-4-3-5-7-13)18-11-12-8-9-17-14(10-12)20-2;/h8-10,13H,3-7,11H2,1-2H3,(H2,16,18,19);1H. The lowest BCUT2D eigenvalue weighted by molar-refractivity contribution is 0.397. The van der Waals surface area contributed by atoms with E-state index in [0.29, 0.717) is 18.5 Å². The summed E-state index contributed by atoms with van der Waals surface area (Å²) in [4.78, 5) is 8.39. The molecule has 21 heavy (non-hydrogen) atoms. The van der Waals surface area contributed by atoms with Crippen LogP contribution in [0.5, 0.6) is 5.88 Å². The molecule has 6 heteroatoms. The maximum absolute atomic E-state index is 5.12. The van der Waals surface area contributed by atoms with Crippen LogP contribution >= 0.6 is 24.0 Å². The van der Waals surface area contributed by atoms with Crippen LogP contribution in [0.4, 0.5) is 0 Å². The molecule has 1 aliphatic rings. The maximum atomic E-state index is 5.12. The molecule has 0 radical (unpaired) electrons. The molecular formula is C15H25IN4O. The monoisotopic (exact) mass is 404 g/mol. The summed E-state index contributed by atoms with van der Waals surface area (Å²) in [6.45, 7) is 0.714. The zero-order valence-electron chi connectivity index (χ0n) is 12.8. The van der Waals surface area contributed by atoms with E-state index in [2.05, 4.69) is 20.6 Å². The molecule has 1 fully saturated rings. The first kappa shape index (κ1) is 18.0. The van der Waals surface area contributed by atoms with Gasteiger partial charge in [-0.3, -0.25) is 4.99 Å². The Bertz CT molecular complexity index is 447. The quantitative estimate of drug-likeness (QED) is 0.460. The van der Waals surface area contributed by atoms with E-state index >= 15 is 0 Å². The number of hydrogen-bond acceptors (Lipinski definition) is 3. The van der Waals surface area contributed by atoms with Gasteiger partial charge in [-0.2, -0.15) is 0 Å². The number of guanidine groups is 1. The largest absolute Gasteiger partial charge is 0.481 e. The molecule has 0 unspecified atom stereocenters. The van der Waals surface area contributed by atoms with Crippen molar-refractivity contribution < 1.29 is 4.74 Å². The van der Waals surface area contributed by atoms with Crippen molar-refractivity contribution in [2.75, 3.05) is 14.2 Å². The fraction of sp³-hybridized carbons (Fsp3) is 0.600. The Labute approximate surface area is 144 Å². The number of ether oxygens (including phenoxy) is 1. The van der Waals surface area contributed by atoms with E-state index in [1.807, 2.05) is 19.2 Å². The summed E-state index contributed by atoms with van der Waals surface area (Å²) in [5.41, 5.74) is 1.13. The number of aliphatic imine (C=N–C) groups is 1. The van der Waals surface area contributed by atoms with Crippen LogP contribution in [0.25, 0.3) is 0 Å². The van der Waals surface area contributed by atoms with Gasteiger partial charge in [0.05, 0.1) is 7.11 Å². The summed E-state index contributed by atoms with van der Waals surface area (Å²) >= 11 is 0. The van der Waals surface area contributed by atoms with E-state index in [1.54, 1.807) is 13.3 Å². The van der Waals surface area contributed by atoms with Crippen LogP contribution in [0.15, 0.2) is 23.3 Å². The molecule has 1 saturated carbocycles. The van der Waals surface area contributed by atoms with Gasteiger partial charge in [-0.1, -0.05) is 19.3 Å². The molecule has 2 N–H and O–H groups in total.